The number of primary amides is 1. The highest BCUT2D eigenvalue weighted by atomic mass is 19.3. The lowest BCUT2D eigenvalue weighted by Gasteiger charge is -2.26. The predicted molar refractivity (Wildman–Crippen MR) is 113 cm³/mol. The Bertz CT molecular complexity index is 824. The van der Waals surface area contributed by atoms with Gasteiger partial charge in [0.1, 0.15) is 6.61 Å². The molecular weight excluding hydrogens is 392 g/mol. The Morgan fingerprint density at radius 1 is 1.20 bits per heavy atom. The van der Waals surface area contributed by atoms with E-state index in [1.165, 1.54) is 7.11 Å². The van der Waals surface area contributed by atoms with E-state index in [0.717, 1.165) is 11.3 Å². The van der Waals surface area contributed by atoms with Crippen molar-refractivity contribution in [3.8, 4) is 11.5 Å². The average Bonchev–Trinajstić information content (AvgIpc) is 2.65. The molecule has 1 unspecified atom stereocenters. The van der Waals surface area contributed by atoms with E-state index in [1.807, 2.05) is 26.0 Å². The van der Waals surface area contributed by atoms with Gasteiger partial charge in [-0.1, -0.05) is 6.07 Å². The molecule has 1 atom stereocenters. The molecule has 0 aliphatic rings. The summed E-state index contributed by atoms with van der Waals surface area (Å²) < 4.78 is 34.6. The third kappa shape index (κ3) is 9.17. The molecule has 0 radical (unpaired) electrons. The number of carbonyl (C=O) groups is 1. The number of aryl methyl sites for hydroxylation is 1. The molecule has 0 aliphatic heterocycles. The zero-order valence-electron chi connectivity index (χ0n) is 18.3. The largest absolute Gasteiger partial charge is 0.493 e. The van der Waals surface area contributed by atoms with Crippen molar-refractivity contribution >= 4 is 5.91 Å². The van der Waals surface area contributed by atoms with Gasteiger partial charge in [0.25, 0.3) is 6.43 Å². The molecule has 6 nitrogen and oxygen atoms in total. The fourth-order valence-electron chi connectivity index (χ4n) is 2.66. The van der Waals surface area contributed by atoms with Crippen molar-refractivity contribution in [2.75, 3.05) is 13.7 Å². The maximum Gasteiger partial charge on any atom is 0.272 e. The van der Waals surface area contributed by atoms with Crippen LogP contribution in [0.3, 0.4) is 0 Å². The summed E-state index contributed by atoms with van der Waals surface area (Å²) in [5.74, 6) is 0.385. The van der Waals surface area contributed by atoms with E-state index in [9.17, 15) is 13.6 Å². The fraction of sp³-hybridized carbons (Fsp3) is 0.455. The Hall–Kier alpha value is -2.74. The van der Waals surface area contributed by atoms with E-state index in [0.29, 0.717) is 17.1 Å². The summed E-state index contributed by atoms with van der Waals surface area (Å²) in [6.07, 6.45) is -0.934. The summed E-state index contributed by atoms with van der Waals surface area (Å²) >= 11 is 0. The SMILES string of the molecule is COc1cc(C(C)NC(C)(C)C)ccc1OCC(F)F.Cc1cc(C(N)=O)ccn1. The number of amides is 1. The van der Waals surface area contributed by atoms with Crippen LogP contribution in [0.5, 0.6) is 11.5 Å². The molecule has 1 aromatic carbocycles. The van der Waals surface area contributed by atoms with Crippen LogP contribution in [0.25, 0.3) is 0 Å². The number of aromatic nitrogens is 1. The number of nitrogens with zero attached hydrogens (tertiary/aromatic N) is 1. The maximum absolute atomic E-state index is 12.2. The van der Waals surface area contributed by atoms with Gasteiger partial charge < -0.3 is 20.5 Å². The number of rotatable bonds is 7. The smallest absolute Gasteiger partial charge is 0.272 e. The second kappa shape index (κ2) is 11.4. The van der Waals surface area contributed by atoms with E-state index >= 15 is 0 Å². The predicted octanol–water partition coefficient (Wildman–Crippen LogP) is 4.28. The van der Waals surface area contributed by atoms with Gasteiger partial charge in [-0.2, -0.15) is 0 Å². The van der Waals surface area contributed by atoms with Crippen LogP contribution in [0.4, 0.5) is 8.78 Å². The second-order valence-corrected chi connectivity index (χ2v) is 7.78. The number of hydrogen-bond donors (Lipinski definition) is 2. The molecule has 2 rings (SSSR count). The summed E-state index contributed by atoms with van der Waals surface area (Å²) in [5.41, 5.74) is 7.32. The molecular formula is C22H31F2N3O3. The number of alkyl halides is 2. The zero-order chi connectivity index (χ0) is 22.9. The molecule has 30 heavy (non-hydrogen) atoms. The van der Waals surface area contributed by atoms with Crippen molar-refractivity contribution in [3.05, 3.63) is 53.3 Å². The Labute approximate surface area is 176 Å². The fourth-order valence-corrected chi connectivity index (χ4v) is 2.66. The van der Waals surface area contributed by atoms with E-state index in [1.54, 1.807) is 24.4 Å². The van der Waals surface area contributed by atoms with Crippen LogP contribution >= 0.6 is 0 Å². The molecule has 0 saturated heterocycles. The number of nitrogens with two attached hydrogens (primary N) is 1. The Balaban J connectivity index is 0.000000375. The summed E-state index contributed by atoms with van der Waals surface area (Å²) in [7, 11) is 1.50. The monoisotopic (exact) mass is 423 g/mol. The van der Waals surface area contributed by atoms with Gasteiger partial charge in [-0.05, 0) is 64.4 Å². The lowest BCUT2D eigenvalue weighted by molar-refractivity contribution is 0.0804. The van der Waals surface area contributed by atoms with Crippen molar-refractivity contribution in [2.24, 2.45) is 5.73 Å². The summed E-state index contributed by atoms with van der Waals surface area (Å²) in [6, 6.07) is 8.69. The quantitative estimate of drug-likeness (QED) is 0.694. The Morgan fingerprint density at radius 3 is 2.33 bits per heavy atom. The van der Waals surface area contributed by atoms with Gasteiger partial charge in [-0.25, -0.2) is 8.78 Å². The van der Waals surface area contributed by atoms with Gasteiger partial charge in [0.05, 0.1) is 7.11 Å². The van der Waals surface area contributed by atoms with Gasteiger partial charge in [0, 0.05) is 29.0 Å². The minimum atomic E-state index is -2.50. The molecule has 0 saturated carbocycles. The number of methoxy groups -OCH3 is 1. The van der Waals surface area contributed by atoms with E-state index < -0.39 is 18.9 Å². The first-order valence-corrected chi connectivity index (χ1v) is 9.52. The summed E-state index contributed by atoms with van der Waals surface area (Å²) in [6.45, 7) is 9.47. The molecule has 0 fully saturated rings. The number of pyridine rings is 1. The van der Waals surface area contributed by atoms with E-state index in [2.05, 4.69) is 31.1 Å². The van der Waals surface area contributed by atoms with Crippen LogP contribution in [0.15, 0.2) is 36.5 Å². The van der Waals surface area contributed by atoms with Crippen LogP contribution < -0.4 is 20.5 Å². The third-order valence-electron chi connectivity index (χ3n) is 3.88. The molecule has 8 heteroatoms. The standard InChI is InChI=1S/C15H23F2NO2.C7H8N2O/c1-10(18-15(2,3)4)11-6-7-12(13(8-11)19-5)20-9-14(16)17;1-5-4-6(7(8)10)2-3-9-5/h6-8,10,14,18H,9H2,1-5H3;2-4H,1H3,(H2,8,10). The highest BCUT2D eigenvalue weighted by Gasteiger charge is 2.17. The normalized spacial score (nSPS) is 12.0. The first-order valence-electron chi connectivity index (χ1n) is 9.52. The lowest BCUT2D eigenvalue weighted by atomic mass is 10.0. The summed E-state index contributed by atoms with van der Waals surface area (Å²) in [5, 5.41) is 3.44. The highest BCUT2D eigenvalue weighted by Crippen LogP contribution is 2.31. The van der Waals surface area contributed by atoms with Crippen molar-refractivity contribution < 1.29 is 23.0 Å². The van der Waals surface area contributed by atoms with Crippen molar-refractivity contribution in [2.45, 2.75) is 52.6 Å². The lowest BCUT2D eigenvalue weighted by Crippen LogP contribution is -2.37. The first-order chi connectivity index (χ1) is 13.9. The van der Waals surface area contributed by atoms with Gasteiger partial charge in [-0.15, -0.1) is 0 Å². The van der Waals surface area contributed by atoms with Crippen LogP contribution in [-0.4, -0.2) is 36.6 Å². The third-order valence-corrected chi connectivity index (χ3v) is 3.88. The average molecular weight is 424 g/mol. The first kappa shape index (κ1) is 25.3. The molecule has 0 aliphatic carbocycles. The van der Waals surface area contributed by atoms with Crippen LogP contribution in [0, 0.1) is 6.92 Å². The molecule has 1 amide bonds. The second-order valence-electron chi connectivity index (χ2n) is 7.78. The molecule has 166 valence electrons. The van der Waals surface area contributed by atoms with Gasteiger partial charge in [0.2, 0.25) is 5.91 Å². The summed E-state index contributed by atoms with van der Waals surface area (Å²) in [4.78, 5) is 14.5. The topological polar surface area (TPSA) is 86.5 Å². The highest BCUT2D eigenvalue weighted by molar-refractivity contribution is 5.92. The van der Waals surface area contributed by atoms with E-state index in [-0.39, 0.29) is 11.6 Å². The number of hydrogen-bond acceptors (Lipinski definition) is 5. The van der Waals surface area contributed by atoms with Crippen LogP contribution in [-0.2, 0) is 0 Å². The van der Waals surface area contributed by atoms with E-state index in [4.69, 9.17) is 15.2 Å². The molecule has 0 spiro atoms. The Morgan fingerprint density at radius 2 is 1.87 bits per heavy atom. The Kier molecular flexibility index (Phi) is 9.65. The number of carbonyl (C=O) groups excluding carboxylic acids is 1. The van der Waals surface area contributed by atoms with Gasteiger partial charge in [0.15, 0.2) is 11.5 Å². The molecule has 1 aromatic heterocycles. The van der Waals surface area contributed by atoms with Crippen LogP contribution in [0.1, 0.15) is 55.4 Å². The van der Waals surface area contributed by atoms with Crippen molar-refractivity contribution in [1.29, 1.82) is 0 Å². The minimum Gasteiger partial charge on any atom is -0.493 e. The van der Waals surface area contributed by atoms with Crippen molar-refractivity contribution in [1.82, 2.24) is 10.3 Å². The van der Waals surface area contributed by atoms with Crippen molar-refractivity contribution in [3.63, 3.8) is 0 Å². The van der Waals surface area contributed by atoms with Crippen LogP contribution in [0.2, 0.25) is 0 Å². The maximum atomic E-state index is 12.2. The number of nitrogens with one attached hydrogen (secondary N) is 1. The minimum absolute atomic E-state index is 0.0164. The molecule has 2 aromatic rings. The van der Waals surface area contributed by atoms with Gasteiger partial charge in [-0.3, -0.25) is 9.78 Å². The number of ether oxygens (including phenoxy) is 2. The molecule has 3 N–H and O–H groups in total. The number of benzene rings is 1. The molecule has 1 heterocycles. The number of halogens is 2. The molecule has 0 bridgehead atoms. The van der Waals surface area contributed by atoms with Gasteiger partial charge >= 0.3 is 0 Å². The zero-order valence-corrected chi connectivity index (χ0v) is 18.3.